The van der Waals surface area contributed by atoms with Crippen LogP contribution in [0, 0.1) is 24.2 Å². The fourth-order valence-corrected chi connectivity index (χ4v) is 4.53. The number of aryl methyl sites for hydroxylation is 1. The molecule has 0 saturated carbocycles. The van der Waals surface area contributed by atoms with E-state index in [0.717, 1.165) is 30.0 Å². The molecular formula is C21H20N4OS. The molecule has 6 heteroatoms. The predicted octanol–water partition coefficient (Wildman–Crippen LogP) is 4.33. The van der Waals surface area contributed by atoms with Gasteiger partial charge in [-0.05, 0) is 55.7 Å². The molecule has 5 nitrogen and oxygen atoms in total. The molecule has 1 atom stereocenters. The number of nitrogens with zero attached hydrogens (tertiary/aromatic N) is 3. The first-order chi connectivity index (χ1) is 13.1. The quantitative estimate of drug-likeness (QED) is 0.739. The van der Waals surface area contributed by atoms with Crippen molar-refractivity contribution in [3.63, 3.8) is 0 Å². The van der Waals surface area contributed by atoms with E-state index < -0.39 is 0 Å². The monoisotopic (exact) mass is 376 g/mol. The second kappa shape index (κ2) is 7.37. The molecule has 1 fully saturated rings. The van der Waals surface area contributed by atoms with Crippen LogP contribution in [-0.2, 0) is 4.79 Å². The Bertz CT molecular complexity index is 1040. The second-order valence-electron chi connectivity index (χ2n) is 6.93. The summed E-state index contributed by atoms with van der Waals surface area (Å²) in [6.07, 6.45) is 1.83. The summed E-state index contributed by atoms with van der Waals surface area (Å²) in [7, 11) is 0. The van der Waals surface area contributed by atoms with Crippen molar-refractivity contribution in [1.29, 1.82) is 5.26 Å². The van der Waals surface area contributed by atoms with Crippen LogP contribution in [0.5, 0.6) is 0 Å². The maximum atomic E-state index is 12.7. The summed E-state index contributed by atoms with van der Waals surface area (Å²) >= 11 is 1.69. The van der Waals surface area contributed by atoms with Gasteiger partial charge >= 0.3 is 0 Å². The second-order valence-corrected chi connectivity index (χ2v) is 7.94. The molecule has 0 bridgehead atoms. The number of thiazole rings is 1. The van der Waals surface area contributed by atoms with Gasteiger partial charge in [-0.15, -0.1) is 0 Å². The predicted molar refractivity (Wildman–Crippen MR) is 109 cm³/mol. The van der Waals surface area contributed by atoms with Crippen LogP contribution in [0.4, 0.5) is 10.8 Å². The van der Waals surface area contributed by atoms with E-state index in [1.165, 1.54) is 10.3 Å². The Labute approximate surface area is 162 Å². The van der Waals surface area contributed by atoms with Crippen molar-refractivity contribution in [3.05, 3.63) is 53.6 Å². The lowest BCUT2D eigenvalue weighted by Crippen LogP contribution is -2.40. The number of nitriles is 1. The number of benzene rings is 2. The fraction of sp³-hybridized carbons (Fsp3) is 0.286. The van der Waals surface area contributed by atoms with Gasteiger partial charge in [0.05, 0.1) is 27.8 Å². The van der Waals surface area contributed by atoms with E-state index in [-0.39, 0.29) is 11.8 Å². The van der Waals surface area contributed by atoms with Gasteiger partial charge in [-0.1, -0.05) is 23.5 Å². The molecule has 1 saturated heterocycles. The highest BCUT2D eigenvalue weighted by Crippen LogP contribution is 2.32. The normalized spacial score (nSPS) is 16.9. The summed E-state index contributed by atoms with van der Waals surface area (Å²) in [5, 5.41) is 13.0. The number of hydrogen-bond acceptors (Lipinski definition) is 5. The molecule has 1 aliphatic rings. The lowest BCUT2D eigenvalue weighted by molar-refractivity contribution is -0.120. The highest BCUT2D eigenvalue weighted by molar-refractivity contribution is 7.22. The summed E-state index contributed by atoms with van der Waals surface area (Å²) in [5.74, 6) is -0.0787. The molecule has 4 rings (SSSR count). The van der Waals surface area contributed by atoms with Gasteiger partial charge in [-0.2, -0.15) is 5.26 Å². The lowest BCUT2D eigenvalue weighted by Gasteiger charge is -2.31. The Kier molecular flexibility index (Phi) is 4.78. The number of fused-ring (bicyclic) bond motifs is 1. The van der Waals surface area contributed by atoms with E-state index in [1.807, 2.05) is 6.07 Å². The maximum Gasteiger partial charge on any atom is 0.229 e. The first-order valence-corrected chi connectivity index (χ1v) is 9.87. The maximum absolute atomic E-state index is 12.7. The number of rotatable bonds is 3. The molecule has 0 spiro atoms. The Morgan fingerprint density at radius 3 is 3.07 bits per heavy atom. The van der Waals surface area contributed by atoms with Crippen LogP contribution in [0.3, 0.4) is 0 Å². The number of carbonyl (C=O) groups excluding carboxylic acids is 1. The van der Waals surface area contributed by atoms with Crippen molar-refractivity contribution in [2.45, 2.75) is 19.8 Å². The number of carbonyl (C=O) groups is 1. The van der Waals surface area contributed by atoms with Crippen molar-refractivity contribution < 1.29 is 4.79 Å². The minimum atomic E-state index is -0.0850. The first kappa shape index (κ1) is 17.5. The minimum Gasteiger partial charge on any atom is -0.347 e. The van der Waals surface area contributed by atoms with Crippen LogP contribution >= 0.6 is 11.3 Å². The fourth-order valence-electron chi connectivity index (χ4n) is 3.43. The van der Waals surface area contributed by atoms with E-state index in [9.17, 15) is 4.79 Å². The van der Waals surface area contributed by atoms with Crippen LogP contribution in [0.1, 0.15) is 24.0 Å². The highest BCUT2D eigenvalue weighted by atomic mass is 32.1. The molecule has 1 unspecified atom stereocenters. The Morgan fingerprint density at radius 2 is 2.22 bits per heavy atom. The molecular weight excluding hydrogens is 356 g/mol. The number of amides is 1. The summed E-state index contributed by atoms with van der Waals surface area (Å²) < 4.78 is 1.19. The van der Waals surface area contributed by atoms with Gasteiger partial charge in [0.15, 0.2) is 5.13 Å². The zero-order valence-electron chi connectivity index (χ0n) is 15.1. The van der Waals surface area contributed by atoms with Gasteiger partial charge in [-0.25, -0.2) is 4.98 Å². The van der Waals surface area contributed by atoms with Crippen molar-refractivity contribution >= 4 is 38.3 Å². The molecule has 1 aliphatic heterocycles. The van der Waals surface area contributed by atoms with Crippen LogP contribution in [0.2, 0.25) is 0 Å². The third-order valence-electron chi connectivity index (χ3n) is 4.85. The Hall–Kier alpha value is -2.91. The average Bonchev–Trinajstić information content (AvgIpc) is 3.11. The van der Waals surface area contributed by atoms with Gasteiger partial charge in [0.2, 0.25) is 5.91 Å². The number of anilines is 2. The number of nitrogens with one attached hydrogen (secondary N) is 1. The molecule has 2 aromatic carbocycles. The van der Waals surface area contributed by atoms with Crippen LogP contribution in [0.15, 0.2) is 42.5 Å². The van der Waals surface area contributed by atoms with Gasteiger partial charge in [0.25, 0.3) is 0 Å². The van der Waals surface area contributed by atoms with E-state index in [1.54, 1.807) is 29.5 Å². The molecule has 0 radical (unpaired) electrons. The summed E-state index contributed by atoms with van der Waals surface area (Å²) in [4.78, 5) is 19.7. The zero-order valence-corrected chi connectivity index (χ0v) is 15.9. The Morgan fingerprint density at radius 1 is 1.33 bits per heavy atom. The van der Waals surface area contributed by atoms with Gasteiger partial charge < -0.3 is 10.2 Å². The molecule has 3 aromatic rings. The van der Waals surface area contributed by atoms with Crippen LogP contribution in [-0.4, -0.2) is 24.0 Å². The highest BCUT2D eigenvalue weighted by Gasteiger charge is 2.27. The van der Waals surface area contributed by atoms with Crippen molar-refractivity contribution in [2.24, 2.45) is 5.92 Å². The summed E-state index contributed by atoms with van der Waals surface area (Å²) in [6.45, 7) is 3.68. The van der Waals surface area contributed by atoms with Crippen molar-refractivity contribution in [2.75, 3.05) is 23.3 Å². The van der Waals surface area contributed by atoms with Crippen LogP contribution < -0.4 is 10.2 Å². The van der Waals surface area contributed by atoms with Crippen molar-refractivity contribution in [1.82, 2.24) is 4.98 Å². The average molecular weight is 376 g/mol. The standard InChI is InChI=1S/C21H20N4OS/c1-14-7-8-18-19(10-14)27-21(24-18)25-9-3-5-16(13-25)20(26)23-17-6-2-4-15(11-17)12-22/h2,4,6-8,10-11,16H,3,5,9,13H2,1H3,(H,23,26). The van der Waals surface area contributed by atoms with Crippen molar-refractivity contribution in [3.8, 4) is 6.07 Å². The van der Waals surface area contributed by atoms with Gasteiger partial charge in [0, 0.05) is 18.8 Å². The smallest absolute Gasteiger partial charge is 0.229 e. The zero-order chi connectivity index (χ0) is 18.8. The van der Waals surface area contributed by atoms with E-state index in [0.29, 0.717) is 17.8 Å². The largest absolute Gasteiger partial charge is 0.347 e. The topological polar surface area (TPSA) is 69.0 Å². The Balaban J connectivity index is 1.48. The number of piperidine rings is 1. The van der Waals surface area contributed by atoms with E-state index >= 15 is 0 Å². The summed E-state index contributed by atoms with van der Waals surface area (Å²) in [6, 6.07) is 15.4. The molecule has 1 N–H and O–H groups in total. The molecule has 0 aliphatic carbocycles. The molecule has 27 heavy (non-hydrogen) atoms. The van der Waals surface area contributed by atoms with E-state index in [4.69, 9.17) is 10.2 Å². The molecule has 1 amide bonds. The third-order valence-corrected chi connectivity index (χ3v) is 5.93. The molecule has 2 heterocycles. The van der Waals surface area contributed by atoms with Gasteiger partial charge in [0.1, 0.15) is 0 Å². The number of hydrogen-bond donors (Lipinski definition) is 1. The van der Waals surface area contributed by atoms with Gasteiger partial charge in [-0.3, -0.25) is 4.79 Å². The third kappa shape index (κ3) is 3.79. The summed E-state index contributed by atoms with van der Waals surface area (Å²) in [5.41, 5.74) is 3.46. The number of aromatic nitrogens is 1. The first-order valence-electron chi connectivity index (χ1n) is 9.05. The lowest BCUT2D eigenvalue weighted by atomic mass is 9.97. The SMILES string of the molecule is Cc1ccc2nc(N3CCCC(C(=O)Nc4cccc(C#N)c4)C3)sc2c1. The van der Waals surface area contributed by atoms with Crippen LogP contribution in [0.25, 0.3) is 10.2 Å². The van der Waals surface area contributed by atoms with E-state index in [2.05, 4.69) is 41.4 Å². The minimum absolute atomic E-state index is 0.00625. The molecule has 1 aromatic heterocycles. The molecule has 136 valence electrons.